The van der Waals surface area contributed by atoms with Crippen LogP contribution in [0, 0.1) is 0 Å². The number of Topliss-reactive ketones (excluding diaryl/α,β-unsaturated/α-hetero) is 1. The van der Waals surface area contributed by atoms with Gasteiger partial charge in [0.15, 0.2) is 5.78 Å². The van der Waals surface area contributed by atoms with E-state index in [9.17, 15) is 9.90 Å². The van der Waals surface area contributed by atoms with Crippen molar-refractivity contribution in [3.8, 4) is 5.75 Å². The number of carbonyl (C=O) groups excluding carboxylic acids is 1. The molecule has 0 aliphatic rings. The lowest BCUT2D eigenvalue weighted by atomic mass is 10.1. The van der Waals surface area contributed by atoms with Crippen molar-refractivity contribution < 1.29 is 9.90 Å². The minimum absolute atomic E-state index is 0.00533. The first kappa shape index (κ1) is 9.52. The fraction of sp³-hybridized carbons (Fsp3) is 0.182. The van der Waals surface area contributed by atoms with Gasteiger partial charge in [-0.25, -0.2) is 0 Å². The smallest absolute Gasteiger partial charge is 0.159 e. The zero-order valence-corrected chi connectivity index (χ0v) is 7.74. The molecule has 0 aliphatic heterocycles. The second kappa shape index (κ2) is 3.90. The Labute approximate surface area is 77.5 Å². The molecule has 0 saturated heterocycles. The predicted molar refractivity (Wildman–Crippen MR) is 52.8 cm³/mol. The highest BCUT2D eigenvalue weighted by Gasteiger charge is 2.02. The number of rotatable bonds is 2. The summed E-state index contributed by atoms with van der Waals surface area (Å²) in [5.41, 5.74) is 1.29. The lowest BCUT2D eigenvalue weighted by Crippen LogP contribution is -1.91. The van der Waals surface area contributed by atoms with E-state index >= 15 is 0 Å². The molecule has 0 aromatic heterocycles. The van der Waals surface area contributed by atoms with Crippen molar-refractivity contribution >= 4 is 11.9 Å². The molecule has 2 nitrogen and oxygen atoms in total. The minimum atomic E-state index is 0.00533. The molecule has 0 fully saturated rings. The first-order chi connectivity index (χ1) is 6.15. The second-order valence-corrected chi connectivity index (χ2v) is 2.83. The number of aromatic hydroxyl groups is 1. The maximum Gasteiger partial charge on any atom is 0.159 e. The van der Waals surface area contributed by atoms with E-state index in [1.165, 1.54) is 13.0 Å². The summed E-state index contributed by atoms with van der Waals surface area (Å²) < 4.78 is 0. The number of allylic oxidation sites excluding steroid dienone is 1. The fourth-order valence-electron chi connectivity index (χ4n) is 1.09. The van der Waals surface area contributed by atoms with Gasteiger partial charge < -0.3 is 5.11 Å². The quantitative estimate of drug-likeness (QED) is 0.703. The van der Waals surface area contributed by atoms with Crippen molar-refractivity contribution in [3.05, 3.63) is 35.4 Å². The molecular formula is C11H12O2. The summed E-state index contributed by atoms with van der Waals surface area (Å²) in [6.07, 6.45) is 3.58. The molecule has 1 aromatic rings. The Morgan fingerprint density at radius 2 is 2.15 bits per heavy atom. The van der Waals surface area contributed by atoms with E-state index in [2.05, 4.69) is 0 Å². The van der Waals surface area contributed by atoms with E-state index in [4.69, 9.17) is 0 Å². The van der Waals surface area contributed by atoms with Crippen LogP contribution in [0.25, 0.3) is 6.08 Å². The van der Waals surface area contributed by atoms with Gasteiger partial charge in [-0.15, -0.1) is 0 Å². The van der Waals surface area contributed by atoms with Gasteiger partial charge in [0.1, 0.15) is 5.75 Å². The highest BCUT2D eigenvalue weighted by atomic mass is 16.3. The van der Waals surface area contributed by atoms with Gasteiger partial charge in [0.05, 0.1) is 0 Å². The predicted octanol–water partition coefficient (Wildman–Crippen LogP) is 2.63. The van der Waals surface area contributed by atoms with E-state index < -0.39 is 0 Å². The van der Waals surface area contributed by atoms with Gasteiger partial charge in [-0.3, -0.25) is 4.79 Å². The van der Waals surface area contributed by atoms with Crippen LogP contribution in [-0.4, -0.2) is 10.9 Å². The number of ketones is 1. The van der Waals surface area contributed by atoms with Crippen LogP contribution in [-0.2, 0) is 0 Å². The number of benzene rings is 1. The van der Waals surface area contributed by atoms with Crippen LogP contribution < -0.4 is 0 Å². The topological polar surface area (TPSA) is 37.3 Å². The van der Waals surface area contributed by atoms with Crippen LogP contribution in [0.2, 0.25) is 0 Å². The van der Waals surface area contributed by atoms with E-state index in [0.29, 0.717) is 11.1 Å². The third-order valence-electron chi connectivity index (χ3n) is 1.78. The van der Waals surface area contributed by atoms with Gasteiger partial charge in [-0.2, -0.15) is 0 Å². The van der Waals surface area contributed by atoms with E-state index in [1.807, 2.05) is 13.0 Å². The van der Waals surface area contributed by atoms with Crippen molar-refractivity contribution in [3.63, 3.8) is 0 Å². The summed E-state index contributed by atoms with van der Waals surface area (Å²) in [4.78, 5) is 11.0. The Kier molecular flexibility index (Phi) is 2.85. The number of phenolic OH excluding ortho intramolecular Hbond substituents is 1. The third kappa shape index (κ3) is 2.18. The van der Waals surface area contributed by atoms with Gasteiger partial charge in [-0.05, 0) is 32.0 Å². The third-order valence-corrected chi connectivity index (χ3v) is 1.78. The van der Waals surface area contributed by atoms with E-state index in [-0.39, 0.29) is 11.5 Å². The van der Waals surface area contributed by atoms with Crippen LogP contribution in [0.3, 0.4) is 0 Å². The molecule has 0 radical (unpaired) electrons. The maximum absolute atomic E-state index is 11.0. The summed E-state index contributed by atoms with van der Waals surface area (Å²) in [5, 5.41) is 9.39. The number of hydrogen-bond donors (Lipinski definition) is 1. The Morgan fingerprint density at radius 3 is 2.69 bits per heavy atom. The van der Waals surface area contributed by atoms with Gasteiger partial charge in [0.2, 0.25) is 0 Å². The number of phenols is 1. The largest absolute Gasteiger partial charge is 0.507 e. The molecule has 0 saturated carbocycles. The first-order valence-electron chi connectivity index (χ1n) is 4.12. The second-order valence-electron chi connectivity index (χ2n) is 2.83. The molecule has 0 amide bonds. The van der Waals surface area contributed by atoms with Crippen LogP contribution in [0.15, 0.2) is 24.3 Å². The molecule has 0 heterocycles. The Morgan fingerprint density at radius 1 is 1.46 bits per heavy atom. The van der Waals surface area contributed by atoms with Gasteiger partial charge in [0.25, 0.3) is 0 Å². The molecule has 0 spiro atoms. The minimum Gasteiger partial charge on any atom is -0.507 e. The lowest BCUT2D eigenvalue weighted by molar-refractivity contribution is 0.101. The number of hydrogen-bond acceptors (Lipinski definition) is 2. The average molecular weight is 176 g/mol. The molecule has 13 heavy (non-hydrogen) atoms. The Hall–Kier alpha value is -1.57. The van der Waals surface area contributed by atoms with E-state index in [1.54, 1.807) is 18.2 Å². The molecule has 0 atom stereocenters. The molecule has 0 bridgehead atoms. The summed E-state index contributed by atoms with van der Waals surface area (Å²) in [6.45, 7) is 3.37. The van der Waals surface area contributed by atoms with Crippen LogP contribution >= 0.6 is 0 Å². The Balaban J connectivity index is 3.18. The SMILES string of the molecule is C/C=C/c1cc(C(C)=O)ccc1O. The average Bonchev–Trinajstić information content (AvgIpc) is 2.08. The maximum atomic E-state index is 11.0. The molecule has 1 N–H and O–H groups in total. The van der Waals surface area contributed by atoms with Gasteiger partial charge in [-0.1, -0.05) is 12.2 Å². The molecular weight excluding hydrogens is 164 g/mol. The lowest BCUT2D eigenvalue weighted by Gasteiger charge is -2.00. The summed E-state index contributed by atoms with van der Waals surface area (Å²) in [6, 6.07) is 4.83. The monoisotopic (exact) mass is 176 g/mol. The van der Waals surface area contributed by atoms with Crippen LogP contribution in [0.1, 0.15) is 29.8 Å². The van der Waals surface area contributed by atoms with Crippen molar-refractivity contribution in [1.82, 2.24) is 0 Å². The molecule has 0 aliphatic carbocycles. The van der Waals surface area contributed by atoms with Crippen LogP contribution in [0.4, 0.5) is 0 Å². The Bertz CT molecular complexity index is 351. The first-order valence-corrected chi connectivity index (χ1v) is 4.12. The fourth-order valence-corrected chi connectivity index (χ4v) is 1.09. The van der Waals surface area contributed by atoms with Crippen molar-refractivity contribution in [2.24, 2.45) is 0 Å². The number of carbonyl (C=O) groups is 1. The molecule has 0 unspecified atom stereocenters. The van der Waals surface area contributed by atoms with Crippen molar-refractivity contribution in [1.29, 1.82) is 0 Å². The summed E-state index contributed by atoms with van der Waals surface area (Å²) in [7, 11) is 0. The van der Waals surface area contributed by atoms with Crippen molar-refractivity contribution in [2.45, 2.75) is 13.8 Å². The highest BCUT2D eigenvalue weighted by molar-refractivity contribution is 5.94. The molecule has 1 aromatic carbocycles. The van der Waals surface area contributed by atoms with Gasteiger partial charge >= 0.3 is 0 Å². The molecule has 1 rings (SSSR count). The normalized spacial score (nSPS) is 10.6. The summed E-state index contributed by atoms with van der Waals surface area (Å²) >= 11 is 0. The van der Waals surface area contributed by atoms with Crippen LogP contribution in [0.5, 0.6) is 5.75 Å². The standard InChI is InChI=1S/C11H12O2/c1-3-4-10-7-9(8(2)12)5-6-11(10)13/h3-7,13H,1-2H3/b4-3+. The molecule has 68 valence electrons. The highest BCUT2D eigenvalue weighted by Crippen LogP contribution is 2.20. The summed E-state index contributed by atoms with van der Waals surface area (Å²) in [5.74, 6) is 0.203. The van der Waals surface area contributed by atoms with Crippen molar-refractivity contribution in [2.75, 3.05) is 0 Å². The molecule has 2 heteroatoms. The van der Waals surface area contributed by atoms with E-state index in [0.717, 1.165) is 0 Å². The zero-order chi connectivity index (χ0) is 9.84. The zero-order valence-electron chi connectivity index (χ0n) is 7.74. The van der Waals surface area contributed by atoms with Gasteiger partial charge in [0, 0.05) is 11.1 Å².